The van der Waals surface area contributed by atoms with Crippen LogP contribution >= 0.6 is 0 Å². The molecule has 104 valence electrons. The highest BCUT2D eigenvalue weighted by molar-refractivity contribution is 5.44. The standard InChI is InChI=1S/C16H25N3/c1-13(2)11-17-12-15-9-14(3)18-16(10-15)19-7-5-4-6-8-19/h4-5,9-10,13,17H,6-8,11-12H2,1-3H3. The number of rotatable bonds is 5. The molecule has 0 spiro atoms. The predicted octanol–water partition coefficient (Wildman–Crippen LogP) is 2.90. The van der Waals surface area contributed by atoms with Crippen molar-refractivity contribution in [3.05, 3.63) is 35.5 Å². The second-order valence-corrected chi connectivity index (χ2v) is 5.71. The van der Waals surface area contributed by atoms with Gasteiger partial charge in [0.05, 0.1) is 0 Å². The fourth-order valence-electron chi connectivity index (χ4n) is 2.34. The average Bonchev–Trinajstić information content (AvgIpc) is 2.39. The van der Waals surface area contributed by atoms with Crippen molar-refractivity contribution in [1.29, 1.82) is 0 Å². The van der Waals surface area contributed by atoms with E-state index in [0.717, 1.165) is 44.1 Å². The number of anilines is 1. The molecule has 0 atom stereocenters. The summed E-state index contributed by atoms with van der Waals surface area (Å²) in [6.07, 6.45) is 5.60. The number of pyridine rings is 1. The molecule has 1 aliphatic heterocycles. The smallest absolute Gasteiger partial charge is 0.129 e. The summed E-state index contributed by atoms with van der Waals surface area (Å²) >= 11 is 0. The van der Waals surface area contributed by atoms with Crippen LogP contribution in [-0.4, -0.2) is 24.6 Å². The van der Waals surface area contributed by atoms with Crippen LogP contribution in [0.3, 0.4) is 0 Å². The maximum Gasteiger partial charge on any atom is 0.129 e. The second kappa shape index (κ2) is 6.71. The molecule has 0 bridgehead atoms. The number of aromatic nitrogens is 1. The Morgan fingerprint density at radius 1 is 1.32 bits per heavy atom. The van der Waals surface area contributed by atoms with Crippen molar-refractivity contribution >= 4 is 5.82 Å². The van der Waals surface area contributed by atoms with Crippen molar-refractivity contribution in [3.8, 4) is 0 Å². The van der Waals surface area contributed by atoms with Gasteiger partial charge in [-0.2, -0.15) is 0 Å². The van der Waals surface area contributed by atoms with Crippen molar-refractivity contribution in [2.75, 3.05) is 24.5 Å². The molecule has 0 aromatic carbocycles. The Balaban J connectivity index is 2.04. The van der Waals surface area contributed by atoms with Crippen molar-refractivity contribution in [3.63, 3.8) is 0 Å². The van der Waals surface area contributed by atoms with E-state index in [2.05, 4.69) is 60.3 Å². The van der Waals surface area contributed by atoms with Crippen molar-refractivity contribution in [1.82, 2.24) is 10.3 Å². The molecule has 1 aromatic heterocycles. The van der Waals surface area contributed by atoms with Crippen LogP contribution in [0.2, 0.25) is 0 Å². The van der Waals surface area contributed by atoms with Gasteiger partial charge in [-0.05, 0) is 43.5 Å². The van der Waals surface area contributed by atoms with E-state index in [-0.39, 0.29) is 0 Å². The summed E-state index contributed by atoms with van der Waals surface area (Å²) in [5, 5.41) is 3.50. The Bertz CT molecular complexity index is 438. The fourth-order valence-corrected chi connectivity index (χ4v) is 2.34. The van der Waals surface area contributed by atoms with E-state index < -0.39 is 0 Å². The Labute approximate surface area is 116 Å². The lowest BCUT2D eigenvalue weighted by atomic mass is 10.2. The summed E-state index contributed by atoms with van der Waals surface area (Å²) in [4.78, 5) is 7.01. The largest absolute Gasteiger partial charge is 0.353 e. The molecule has 3 nitrogen and oxygen atoms in total. The van der Waals surface area contributed by atoms with Gasteiger partial charge in [-0.15, -0.1) is 0 Å². The van der Waals surface area contributed by atoms with Crippen LogP contribution in [0.5, 0.6) is 0 Å². The van der Waals surface area contributed by atoms with Gasteiger partial charge in [0.15, 0.2) is 0 Å². The van der Waals surface area contributed by atoms with Crippen LogP contribution in [0.1, 0.15) is 31.5 Å². The van der Waals surface area contributed by atoms with Gasteiger partial charge in [0, 0.05) is 25.3 Å². The first-order valence-electron chi connectivity index (χ1n) is 7.23. The monoisotopic (exact) mass is 259 g/mol. The first-order chi connectivity index (χ1) is 9.15. The van der Waals surface area contributed by atoms with E-state index in [0.29, 0.717) is 5.92 Å². The number of aryl methyl sites for hydroxylation is 1. The maximum atomic E-state index is 4.66. The highest BCUT2D eigenvalue weighted by Gasteiger charge is 2.10. The second-order valence-electron chi connectivity index (χ2n) is 5.71. The molecule has 19 heavy (non-hydrogen) atoms. The Morgan fingerprint density at radius 3 is 2.84 bits per heavy atom. The van der Waals surface area contributed by atoms with Gasteiger partial charge in [-0.25, -0.2) is 4.98 Å². The Morgan fingerprint density at radius 2 is 2.16 bits per heavy atom. The average molecular weight is 259 g/mol. The molecule has 0 saturated carbocycles. The molecule has 1 aromatic rings. The van der Waals surface area contributed by atoms with Crippen LogP contribution in [0, 0.1) is 12.8 Å². The molecule has 0 fully saturated rings. The van der Waals surface area contributed by atoms with E-state index in [1.807, 2.05) is 0 Å². The number of hydrogen-bond acceptors (Lipinski definition) is 3. The molecule has 1 N–H and O–H groups in total. The number of nitrogens with one attached hydrogen (secondary N) is 1. The maximum absolute atomic E-state index is 4.66. The third-order valence-electron chi connectivity index (χ3n) is 3.26. The summed E-state index contributed by atoms with van der Waals surface area (Å²) in [5.41, 5.74) is 2.44. The highest BCUT2D eigenvalue weighted by Crippen LogP contribution is 2.17. The number of nitrogens with zero attached hydrogens (tertiary/aromatic N) is 2. The Kier molecular flexibility index (Phi) is 4.97. The minimum absolute atomic E-state index is 0.689. The van der Waals surface area contributed by atoms with Crippen LogP contribution < -0.4 is 10.2 Å². The lowest BCUT2D eigenvalue weighted by molar-refractivity contribution is 0.552. The molecule has 0 aliphatic carbocycles. The van der Waals surface area contributed by atoms with E-state index in [1.165, 1.54) is 5.56 Å². The molecule has 0 saturated heterocycles. The lowest BCUT2D eigenvalue weighted by Gasteiger charge is -2.25. The lowest BCUT2D eigenvalue weighted by Crippen LogP contribution is -2.28. The SMILES string of the molecule is Cc1cc(CNCC(C)C)cc(N2CC=CCC2)n1. The van der Waals surface area contributed by atoms with Gasteiger partial charge >= 0.3 is 0 Å². The van der Waals surface area contributed by atoms with Crippen molar-refractivity contribution < 1.29 is 0 Å². The molecule has 0 amide bonds. The van der Waals surface area contributed by atoms with Gasteiger partial charge in [-0.3, -0.25) is 0 Å². The minimum Gasteiger partial charge on any atom is -0.353 e. The summed E-state index contributed by atoms with van der Waals surface area (Å²) in [5.74, 6) is 1.81. The quantitative estimate of drug-likeness (QED) is 0.824. The number of hydrogen-bond donors (Lipinski definition) is 1. The van der Waals surface area contributed by atoms with E-state index in [4.69, 9.17) is 0 Å². The summed E-state index contributed by atoms with van der Waals surface area (Å²) in [6, 6.07) is 4.40. The van der Waals surface area contributed by atoms with Crippen molar-refractivity contribution in [2.45, 2.75) is 33.7 Å². The van der Waals surface area contributed by atoms with Crippen LogP contribution in [0.15, 0.2) is 24.3 Å². The summed E-state index contributed by atoms with van der Waals surface area (Å²) < 4.78 is 0. The molecular formula is C16H25N3. The fraction of sp³-hybridized carbons (Fsp3) is 0.562. The zero-order chi connectivity index (χ0) is 13.7. The first-order valence-corrected chi connectivity index (χ1v) is 7.23. The Hall–Kier alpha value is -1.35. The molecule has 2 rings (SSSR count). The van der Waals surface area contributed by atoms with E-state index >= 15 is 0 Å². The minimum atomic E-state index is 0.689. The molecule has 0 radical (unpaired) electrons. The van der Waals surface area contributed by atoms with Gasteiger partial charge in [0.2, 0.25) is 0 Å². The third-order valence-corrected chi connectivity index (χ3v) is 3.26. The van der Waals surface area contributed by atoms with Gasteiger partial charge in [0.25, 0.3) is 0 Å². The molecule has 1 aliphatic rings. The van der Waals surface area contributed by atoms with E-state index in [1.54, 1.807) is 0 Å². The van der Waals surface area contributed by atoms with Crippen LogP contribution in [0.25, 0.3) is 0 Å². The third kappa shape index (κ3) is 4.35. The van der Waals surface area contributed by atoms with Gasteiger partial charge in [-0.1, -0.05) is 26.0 Å². The van der Waals surface area contributed by atoms with Gasteiger partial charge < -0.3 is 10.2 Å². The first kappa shape index (κ1) is 14.1. The molecular weight excluding hydrogens is 234 g/mol. The zero-order valence-corrected chi connectivity index (χ0v) is 12.3. The highest BCUT2D eigenvalue weighted by atomic mass is 15.2. The summed E-state index contributed by atoms with van der Waals surface area (Å²) in [6.45, 7) is 10.6. The van der Waals surface area contributed by atoms with E-state index in [9.17, 15) is 0 Å². The molecule has 2 heterocycles. The van der Waals surface area contributed by atoms with Gasteiger partial charge in [0.1, 0.15) is 5.82 Å². The van der Waals surface area contributed by atoms with Crippen LogP contribution in [-0.2, 0) is 6.54 Å². The molecule has 0 unspecified atom stereocenters. The summed E-state index contributed by atoms with van der Waals surface area (Å²) in [7, 11) is 0. The molecule has 3 heteroatoms. The van der Waals surface area contributed by atoms with Crippen LogP contribution in [0.4, 0.5) is 5.82 Å². The topological polar surface area (TPSA) is 28.2 Å². The zero-order valence-electron chi connectivity index (χ0n) is 12.3. The normalized spacial score (nSPS) is 15.3. The van der Waals surface area contributed by atoms with Crippen molar-refractivity contribution in [2.24, 2.45) is 5.92 Å². The predicted molar refractivity (Wildman–Crippen MR) is 81.5 cm³/mol.